The molecule has 32 heavy (non-hydrogen) atoms. The average molecular weight is 563 g/mol. The van der Waals surface area contributed by atoms with Gasteiger partial charge in [-0.2, -0.15) is 0 Å². The van der Waals surface area contributed by atoms with E-state index in [2.05, 4.69) is 32.1 Å². The Balaban J connectivity index is 1.73. The lowest BCUT2D eigenvalue weighted by atomic mass is 10.2. The monoisotopic (exact) mass is 561 g/mol. The van der Waals surface area contributed by atoms with Crippen molar-refractivity contribution in [2.75, 3.05) is 13.2 Å². The molecule has 0 saturated carbocycles. The molecule has 0 bridgehead atoms. The zero-order chi connectivity index (χ0) is 23.5. The molecule has 0 unspecified atom stereocenters. The van der Waals surface area contributed by atoms with Gasteiger partial charge in [0.1, 0.15) is 11.5 Å². The average Bonchev–Trinajstić information content (AvgIpc) is 2.75. The van der Waals surface area contributed by atoms with Crippen molar-refractivity contribution in [3.63, 3.8) is 0 Å². The van der Waals surface area contributed by atoms with Gasteiger partial charge in [0, 0.05) is 15.9 Å². The van der Waals surface area contributed by atoms with Crippen molar-refractivity contribution in [1.82, 2.24) is 16.2 Å². The first-order valence-corrected chi connectivity index (χ1v) is 11.7. The summed E-state index contributed by atoms with van der Waals surface area (Å²) in [6.45, 7) is 2.74. The fraction of sp³-hybridized carbons (Fsp3) is 0.286. The van der Waals surface area contributed by atoms with Crippen LogP contribution in [0.5, 0.6) is 11.5 Å². The molecule has 0 aliphatic rings. The van der Waals surface area contributed by atoms with E-state index in [1.54, 1.807) is 36.4 Å². The van der Waals surface area contributed by atoms with Crippen LogP contribution < -0.4 is 25.6 Å². The second-order valence-corrected chi connectivity index (χ2v) is 8.64. The number of hydrogen-bond donors (Lipinski definition) is 3. The van der Waals surface area contributed by atoms with Crippen molar-refractivity contribution in [1.29, 1.82) is 0 Å². The van der Waals surface area contributed by atoms with Crippen LogP contribution in [0.25, 0.3) is 0 Å². The summed E-state index contributed by atoms with van der Waals surface area (Å²) in [5.41, 5.74) is 5.26. The molecule has 0 aromatic heterocycles. The fourth-order valence-corrected chi connectivity index (χ4v) is 3.38. The van der Waals surface area contributed by atoms with Crippen LogP contribution >= 0.6 is 51.3 Å². The van der Waals surface area contributed by atoms with Crippen LogP contribution in [0.3, 0.4) is 0 Å². The van der Waals surface area contributed by atoms with Crippen molar-refractivity contribution >= 4 is 68.3 Å². The molecule has 0 heterocycles. The van der Waals surface area contributed by atoms with Crippen molar-refractivity contribution in [3.8, 4) is 11.5 Å². The van der Waals surface area contributed by atoms with Crippen LogP contribution in [-0.2, 0) is 4.79 Å². The van der Waals surface area contributed by atoms with Crippen LogP contribution in [0.1, 0.15) is 36.5 Å². The van der Waals surface area contributed by atoms with Gasteiger partial charge >= 0.3 is 0 Å². The molecule has 2 amide bonds. The maximum atomic E-state index is 12.5. The predicted octanol–water partition coefficient (Wildman–Crippen LogP) is 5.04. The Morgan fingerprint density at radius 1 is 1.03 bits per heavy atom. The Labute approximate surface area is 210 Å². The number of carbonyl (C=O) groups excluding carboxylic acids is 2. The van der Waals surface area contributed by atoms with Crippen LogP contribution in [0, 0.1) is 0 Å². The highest BCUT2D eigenvalue weighted by Gasteiger charge is 2.15. The summed E-state index contributed by atoms with van der Waals surface area (Å²) >= 11 is 20.3. The number of amides is 2. The van der Waals surface area contributed by atoms with E-state index in [0.717, 1.165) is 10.9 Å². The van der Waals surface area contributed by atoms with Gasteiger partial charge < -0.3 is 9.47 Å². The largest absolute Gasteiger partial charge is 0.493 e. The quantitative estimate of drug-likeness (QED) is 0.225. The number of hydrogen-bond acceptors (Lipinski definition) is 5. The van der Waals surface area contributed by atoms with Crippen molar-refractivity contribution in [2.45, 2.75) is 26.2 Å². The smallest absolute Gasteiger partial charge is 0.261 e. The highest BCUT2D eigenvalue weighted by atomic mass is 79.9. The Morgan fingerprint density at radius 3 is 2.47 bits per heavy atom. The lowest BCUT2D eigenvalue weighted by Crippen LogP contribution is -2.48. The molecule has 2 aromatic rings. The highest BCUT2D eigenvalue weighted by molar-refractivity contribution is 9.10. The van der Waals surface area contributed by atoms with Gasteiger partial charge in [-0.1, -0.05) is 46.1 Å². The lowest BCUT2D eigenvalue weighted by molar-refractivity contribution is -0.121. The summed E-state index contributed by atoms with van der Waals surface area (Å²) in [6, 6.07) is 10.0. The van der Waals surface area contributed by atoms with Gasteiger partial charge in [0.15, 0.2) is 5.11 Å². The van der Waals surface area contributed by atoms with E-state index >= 15 is 0 Å². The third-order valence-electron chi connectivity index (χ3n) is 3.89. The van der Waals surface area contributed by atoms with Gasteiger partial charge in [0.25, 0.3) is 5.91 Å². The third kappa shape index (κ3) is 8.82. The molecule has 0 spiro atoms. The summed E-state index contributed by atoms with van der Waals surface area (Å²) in [4.78, 5) is 24.5. The lowest BCUT2D eigenvalue weighted by Gasteiger charge is -2.14. The molecule has 0 saturated heterocycles. The van der Waals surface area contributed by atoms with Crippen LogP contribution in [0.15, 0.2) is 40.9 Å². The minimum absolute atomic E-state index is 0.0473. The first-order valence-electron chi connectivity index (χ1n) is 9.70. The Morgan fingerprint density at radius 2 is 1.75 bits per heavy atom. The zero-order valence-electron chi connectivity index (χ0n) is 17.2. The van der Waals surface area contributed by atoms with Crippen LogP contribution in [0.2, 0.25) is 10.0 Å². The standard InChI is InChI=1S/C21H22BrCl2N3O4S/c1-2-9-30-17-7-5-13(22)11-15(17)20(29)25-21(32)27-26-19(28)4-3-10-31-18-8-6-14(23)12-16(18)24/h5-8,11-12H,2-4,9-10H2,1H3,(H,26,28)(H2,25,27,29,32). The maximum absolute atomic E-state index is 12.5. The molecule has 0 atom stereocenters. The molecule has 11 heteroatoms. The third-order valence-corrected chi connectivity index (χ3v) is 5.12. The van der Waals surface area contributed by atoms with Crippen LogP contribution in [0.4, 0.5) is 0 Å². The molecule has 0 radical (unpaired) electrons. The highest BCUT2D eigenvalue weighted by Crippen LogP contribution is 2.27. The topological polar surface area (TPSA) is 88.7 Å². The minimum atomic E-state index is -0.461. The number of rotatable bonds is 9. The van der Waals surface area contributed by atoms with E-state index in [4.69, 9.17) is 44.9 Å². The van der Waals surface area contributed by atoms with Gasteiger partial charge in [-0.25, -0.2) is 0 Å². The molecular weight excluding hydrogens is 541 g/mol. The number of thiocarbonyl (C=S) groups is 1. The van der Waals surface area contributed by atoms with E-state index in [1.165, 1.54) is 0 Å². The summed E-state index contributed by atoms with van der Waals surface area (Å²) in [5, 5.41) is 3.38. The van der Waals surface area contributed by atoms with Gasteiger partial charge in [0.05, 0.1) is 23.8 Å². The molecule has 0 aliphatic heterocycles. The Kier molecular flexibility index (Phi) is 11.0. The van der Waals surface area contributed by atoms with Gasteiger partial charge in [-0.15, -0.1) is 0 Å². The van der Waals surface area contributed by atoms with Crippen molar-refractivity contribution < 1.29 is 19.1 Å². The summed E-state index contributed by atoms with van der Waals surface area (Å²) in [5.74, 6) is 0.160. The normalized spacial score (nSPS) is 10.2. The predicted molar refractivity (Wildman–Crippen MR) is 132 cm³/mol. The van der Waals surface area contributed by atoms with Crippen molar-refractivity contribution in [2.24, 2.45) is 0 Å². The zero-order valence-corrected chi connectivity index (χ0v) is 21.1. The second-order valence-electron chi connectivity index (χ2n) is 6.47. The Hall–Kier alpha value is -2.07. The number of benzene rings is 2. The molecule has 7 nitrogen and oxygen atoms in total. The number of halogens is 3. The van der Waals surface area contributed by atoms with Gasteiger partial charge in [-0.05, 0) is 61.5 Å². The number of hydrazine groups is 1. The summed E-state index contributed by atoms with van der Waals surface area (Å²) < 4.78 is 11.9. The SMILES string of the molecule is CCCOc1ccc(Br)cc1C(=O)NC(=S)NNC(=O)CCCOc1ccc(Cl)cc1Cl. The second kappa shape index (κ2) is 13.5. The molecule has 172 valence electrons. The van der Waals surface area contributed by atoms with Crippen LogP contribution in [-0.4, -0.2) is 30.1 Å². The van der Waals surface area contributed by atoms with Gasteiger partial charge in [-0.3, -0.25) is 25.8 Å². The number of ether oxygens (including phenoxy) is 2. The minimum Gasteiger partial charge on any atom is -0.493 e. The van der Waals surface area contributed by atoms with Crippen molar-refractivity contribution in [3.05, 3.63) is 56.5 Å². The van der Waals surface area contributed by atoms with E-state index < -0.39 is 5.91 Å². The molecule has 0 fully saturated rings. The Bertz CT molecular complexity index is 978. The first kappa shape index (κ1) is 26.2. The first-order chi connectivity index (χ1) is 15.3. The molecule has 2 rings (SSSR count). The van der Waals surface area contributed by atoms with E-state index in [9.17, 15) is 9.59 Å². The number of nitrogens with one attached hydrogen (secondary N) is 3. The molecule has 0 aliphatic carbocycles. The maximum Gasteiger partial charge on any atom is 0.261 e. The number of carbonyl (C=O) groups is 2. The summed E-state index contributed by atoms with van der Waals surface area (Å²) in [7, 11) is 0. The van der Waals surface area contributed by atoms with E-state index in [0.29, 0.717) is 46.7 Å². The van der Waals surface area contributed by atoms with Gasteiger partial charge in [0.2, 0.25) is 5.91 Å². The summed E-state index contributed by atoms with van der Waals surface area (Å²) in [6.07, 6.45) is 1.43. The molecule has 3 N–H and O–H groups in total. The fourth-order valence-electron chi connectivity index (χ4n) is 2.42. The molecular formula is C21H22BrCl2N3O4S. The van der Waals surface area contributed by atoms with E-state index in [-0.39, 0.29) is 17.4 Å². The molecule has 2 aromatic carbocycles. The van der Waals surface area contributed by atoms with E-state index in [1.807, 2.05) is 6.92 Å².